The Kier molecular flexibility index (Phi) is 18.2. The first-order valence-electron chi connectivity index (χ1n) is 12.3. The van der Waals surface area contributed by atoms with Crippen LogP contribution in [0.4, 0.5) is 0 Å². The summed E-state index contributed by atoms with van der Waals surface area (Å²) in [6.07, 6.45) is 12.7. The molecule has 5 heteroatoms. The summed E-state index contributed by atoms with van der Waals surface area (Å²) >= 11 is 0. The lowest BCUT2D eigenvalue weighted by atomic mass is 10.0. The lowest BCUT2D eigenvalue weighted by Crippen LogP contribution is -2.50. The number of rotatable bonds is 20. The average Bonchev–Trinajstić information content (AvgIpc) is 2.70. The average molecular weight is 413 g/mol. The molecule has 0 aliphatic heterocycles. The Balaban J connectivity index is 5.36. The van der Waals surface area contributed by atoms with Gasteiger partial charge in [-0.25, -0.2) is 0 Å². The van der Waals surface area contributed by atoms with Crippen molar-refractivity contribution in [2.75, 3.05) is 26.2 Å². The van der Waals surface area contributed by atoms with E-state index in [2.05, 4.69) is 32.6 Å². The van der Waals surface area contributed by atoms with Gasteiger partial charge in [-0.05, 0) is 45.2 Å². The summed E-state index contributed by atoms with van der Waals surface area (Å²) in [6, 6.07) is -0.293. The molecule has 1 amide bonds. The summed E-state index contributed by atoms with van der Waals surface area (Å²) in [5, 5.41) is 9.26. The number of carboxylic acid groups (broad SMARTS) is 1. The van der Waals surface area contributed by atoms with Crippen molar-refractivity contribution in [1.29, 1.82) is 0 Å². The minimum absolute atomic E-state index is 0.0606. The summed E-state index contributed by atoms with van der Waals surface area (Å²) in [7, 11) is 0. The van der Waals surface area contributed by atoms with Crippen LogP contribution in [0.3, 0.4) is 0 Å². The van der Waals surface area contributed by atoms with E-state index >= 15 is 0 Å². The number of hydrogen-bond donors (Lipinski definition) is 1. The molecular formula is C24H48N2O3. The summed E-state index contributed by atoms with van der Waals surface area (Å²) in [5.74, 6) is -0.656. The minimum Gasteiger partial charge on any atom is -0.481 e. The molecule has 0 aromatic rings. The van der Waals surface area contributed by atoms with E-state index in [1.807, 2.05) is 4.90 Å². The molecule has 1 atom stereocenters. The molecule has 0 bridgehead atoms. The van der Waals surface area contributed by atoms with E-state index in [0.717, 1.165) is 77.5 Å². The molecule has 0 aromatic heterocycles. The zero-order valence-corrected chi connectivity index (χ0v) is 19.8. The van der Waals surface area contributed by atoms with E-state index in [-0.39, 0.29) is 18.4 Å². The predicted molar refractivity (Wildman–Crippen MR) is 122 cm³/mol. The summed E-state index contributed by atoms with van der Waals surface area (Å²) in [5.41, 5.74) is 0. The smallest absolute Gasteiger partial charge is 0.303 e. The Labute approximate surface area is 180 Å². The van der Waals surface area contributed by atoms with Crippen LogP contribution >= 0.6 is 0 Å². The van der Waals surface area contributed by atoms with Crippen molar-refractivity contribution in [1.82, 2.24) is 9.80 Å². The maximum absolute atomic E-state index is 13.5. The van der Waals surface area contributed by atoms with Gasteiger partial charge in [-0.3, -0.25) is 14.5 Å². The SMILES string of the molecule is CCCCCCN(CCCCC)C(CCC(=O)O)C(=O)N(CCCC)CCCC. The van der Waals surface area contributed by atoms with Crippen LogP contribution in [-0.2, 0) is 9.59 Å². The molecule has 5 nitrogen and oxygen atoms in total. The van der Waals surface area contributed by atoms with Crippen LogP contribution in [0, 0.1) is 0 Å². The van der Waals surface area contributed by atoms with Gasteiger partial charge in [-0.15, -0.1) is 0 Å². The minimum atomic E-state index is -0.809. The number of nitrogens with zero attached hydrogens (tertiary/aromatic N) is 2. The molecule has 0 aliphatic carbocycles. The molecule has 0 saturated carbocycles. The van der Waals surface area contributed by atoms with Gasteiger partial charge in [-0.2, -0.15) is 0 Å². The molecule has 0 spiro atoms. The molecule has 0 rings (SSSR count). The Morgan fingerprint density at radius 2 is 1.17 bits per heavy atom. The number of carbonyl (C=O) groups is 2. The van der Waals surface area contributed by atoms with E-state index in [9.17, 15) is 14.7 Å². The second kappa shape index (κ2) is 18.9. The first-order chi connectivity index (χ1) is 14.0. The molecule has 1 N–H and O–H groups in total. The largest absolute Gasteiger partial charge is 0.481 e. The summed E-state index contributed by atoms with van der Waals surface area (Å²) in [6.45, 7) is 12.1. The van der Waals surface area contributed by atoms with Crippen molar-refractivity contribution in [3.63, 3.8) is 0 Å². The Bertz CT molecular complexity index is 407. The van der Waals surface area contributed by atoms with Crippen molar-refractivity contribution in [2.24, 2.45) is 0 Å². The summed E-state index contributed by atoms with van der Waals surface area (Å²) in [4.78, 5) is 29.1. The maximum atomic E-state index is 13.5. The molecular weight excluding hydrogens is 364 g/mol. The molecule has 0 aliphatic rings. The molecule has 0 radical (unpaired) electrons. The number of amides is 1. The molecule has 0 aromatic carbocycles. The molecule has 0 heterocycles. The first-order valence-corrected chi connectivity index (χ1v) is 12.3. The Morgan fingerprint density at radius 1 is 0.690 bits per heavy atom. The van der Waals surface area contributed by atoms with Gasteiger partial charge in [0.15, 0.2) is 0 Å². The molecule has 172 valence electrons. The number of aliphatic carboxylic acids is 1. The van der Waals surface area contributed by atoms with Gasteiger partial charge in [0.2, 0.25) is 5.91 Å². The van der Waals surface area contributed by atoms with Crippen molar-refractivity contribution < 1.29 is 14.7 Å². The molecule has 1 unspecified atom stereocenters. The van der Waals surface area contributed by atoms with Crippen molar-refractivity contribution >= 4 is 11.9 Å². The van der Waals surface area contributed by atoms with Gasteiger partial charge in [0, 0.05) is 19.5 Å². The van der Waals surface area contributed by atoms with Crippen molar-refractivity contribution in [3.05, 3.63) is 0 Å². The van der Waals surface area contributed by atoms with Gasteiger partial charge in [-0.1, -0.05) is 72.6 Å². The Hall–Kier alpha value is -1.10. The molecule has 29 heavy (non-hydrogen) atoms. The standard InChI is InChI=1S/C24H48N2O3/c1-5-9-13-15-21-25(20-14-10-6-2)22(16-17-23(27)28)24(29)26(18-11-7-3)19-12-8-4/h22H,5-21H2,1-4H3,(H,27,28). The second-order valence-electron chi connectivity index (χ2n) is 8.28. The van der Waals surface area contributed by atoms with Gasteiger partial charge in [0.05, 0.1) is 6.04 Å². The number of carbonyl (C=O) groups excluding carboxylic acids is 1. The summed E-state index contributed by atoms with van der Waals surface area (Å²) < 4.78 is 0. The topological polar surface area (TPSA) is 60.9 Å². The van der Waals surface area contributed by atoms with E-state index in [1.165, 1.54) is 19.3 Å². The van der Waals surface area contributed by atoms with Crippen LogP contribution in [0.2, 0.25) is 0 Å². The van der Waals surface area contributed by atoms with Crippen LogP contribution < -0.4 is 0 Å². The monoisotopic (exact) mass is 412 g/mol. The third-order valence-corrected chi connectivity index (χ3v) is 5.58. The molecule has 0 fully saturated rings. The molecule has 0 saturated heterocycles. The fourth-order valence-corrected chi connectivity index (χ4v) is 3.69. The zero-order chi connectivity index (χ0) is 21.9. The van der Waals surface area contributed by atoms with Gasteiger partial charge < -0.3 is 10.0 Å². The fraction of sp³-hybridized carbons (Fsp3) is 0.917. The van der Waals surface area contributed by atoms with E-state index < -0.39 is 5.97 Å². The van der Waals surface area contributed by atoms with Gasteiger partial charge in [0.25, 0.3) is 0 Å². The lowest BCUT2D eigenvalue weighted by Gasteiger charge is -2.35. The van der Waals surface area contributed by atoms with Crippen LogP contribution in [0.15, 0.2) is 0 Å². The number of carboxylic acids is 1. The normalized spacial score (nSPS) is 12.3. The third kappa shape index (κ3) is 13.7. The van der Waals surface area contributed by atoms with Crippen LogP contribution in [0.25, 0.3) is 0 Å². The van der Waals surface area contributed by atoms with Crippen LogP contribution in [0.1, 0.15) is 111 Å². The van der Waals surface area contributed by atoms with Gasteiger partial charge >= 0.3 is 5.97 Å². The van der Waals surface area contributed by atoms with E-state index in [1.54, 1.807) is 0 Å². The number of unbranched alkanes of at least 4 members (excludes halogenated alkanes) is 7. The van der Waals surface area contributed by atoms with Crippen molar-refractivity contribution in [3.8, 4) is 0 Å². The highest BCUT2D eigenvalue weighted by atomic mass is 16.4. The zero-order valence-electron chi connectivity index (χ0n) is 19.8. The lowest BCUT2D eigenvalue weighted by molar-refractivity contribution is -0.140. The highest BCUT2D eigenvalue weighted by Gasteiger charge is 2.29. The van der Waals surface area contributed by atoms with Crippen molar-refractivity contribution in [2.45, 2.75) is 117 Å². The Morgan fingerprint density at radius 3 is 1.66 bits per heavy atom. The highest BCUT2D eigenvalue weighted by Crippen LogP contribution is 2.16. The van der Waals surface area contributed by atoms with Gasteiger partial charge in [0.1, 0.15) is 0 Å². The van der Waals surface area contributed by atoms with E-state index in [0.29, 0.717) is 6.42 Å². The number of hydrogen-bond acceptors (Lipinski definition) is 3. The third-order valence-electron chi connectivity index (χ3n) is 5.58. The fourth-order valence-electron chi connectivity index (χ4n) is 3.69. The highest BCUT2D eigenvalue weighted by molar-refractivity contribution is 5.82. The van der Waals surface area contributed by atoms with Crippen LogP contribution in [-0.4, -0.2) is 59.0 Å². The first kappa shape index (κ1) is 27.9. The van der Waals surface area contributed by atoms with Crippen LogP contribution in [0.5, 0.6) is 0 Å². The second-order valence-corrected chi connectivity index (χ2v) is 8.28. The quantitative estimate of drug-likeness (QED) is 0.260. The maximum Gasteiger partial charge on any atom is 0.303 e. The predicted octanol–water partition coefficient (Wildman–Crippen LogP) is 5.72. The van der Waals surface area contributed by atoms with E-state index in [4.69, 9.17) is 0 Å².